The van der Waals surface area contributed by atoms with E-state index in [4.69, 9.17) is 4.74 Å². The number of anilines is 1. The second-order valence-electron chi connectivity index (χ2n) is 4.22. The van der Waals surface area contributed by atoms with Gasteiger partial charge in [0.2, 0.25) is 0 Å². The predicted octanol–water partition coefficient (Wildman–Crippen LogP) is 4.21. The summed E-state index contributed by atoms with van der Waals surface area (Å²) < 4.78 is 6.18. The third-order valence-corrected chi connectivity index (χ3v) is 3.99. The fourth-order valence-corrected chi connectivity index (χ4v) is 2.69. The summed E-state index contributed by atoms with van der Waals surface area (Å²) in [7, 11) is 0. The quantitative estimate of drug-likeness (QED) is 0.582. The Hall–Kier alpha value is -1.67. The van der Waals surface area contributed by atoms with Crippen LogP contribution in [0.5, 0.6) is 5.75 Å². The van der Waals surface area contributed by atoms with Crippen molar-refractivity contribution in [1.82, 2.24) is 4.98 Å². The molecule has 0 bridgehead atoms. The second-order valence-corrected chi connectivity index (χ2v) is 6.25. The average Bonchev–Trinajstić information content (AvgIpc) is 2.91. The van der Waals surface area contributed by atoms with Gasteiger partial charge in [-0.05, 0) is 18.6 Å². The molecule has 0 atom stereocenters. The third-order valence-electron chi connectivity index (χ3n) is 2.57. The van der Waals surface area contributed by atoms with Gasteiger partial charge in [0.15, 0.2) is 10.9 Å². The number of rotatable bonds is 7. The van der Waals surface area contributed by atoms with Gasteiger partial charge < -0.3 is 10.1 Å². The van der Waals surface area contributed by atoms with Gasteiger partial charge in [0, 0.05) is 23.3 Å². The molecule has 0 aliphatic heterocycles. The van der Waals surface area contributed by atoms with Gasteiger partial charge >= 0.3 is 5.69 Å². The molecule has 0 radical (unpaired) electrons. The monoisotopic (exact) mass is 371 g/mol. The van der Waals surface area contributed by atoms with Gasteiger partial charge in [0.05, 0.1) is 9.80 Å². The Balaban J connectivity index is 2.03. The minimum Gasteiger partial charge on any atom is -0.481 e. The molecule has 0 aliphatic carbocycles. The van der Waals surface area contributed by atoms with Crippen molar-refractivity contribution in [3.8, 4) is 5.75 Å². The van der Waals surface area contributed by atoms with Crippen LogP contribution in [0.25, 0.3) is 0 Å². The number of nitro groups is 1. The molecule has 1 aromatic carbocycles. The van der Waals surface area contributed by atoms with E-state index < -0.39 is 4.92 Å². The van der Waals surface area contributed by atoms with Gasteiger partial charge in [-0.25, -0.2) is 4.98 Å². The Bertz CT molecular complexity index is 633. The van der Waals surface area contributed by atoms with E-state index in [9.17, 15) is 10.1 Å². The molecule has 1 aromatic heterocycles. The summed E-state index contributed by atoms with van der Waals surface area (Å²) in [6.45, 7) is 3.21. The number of nitrogens with one attached hydrogen (secondary N) is 1. The van der Waals surface area contributed by atoms with E-state index in [1.807, 2.05) is 0 Å². The van der Waals surface area contributed by atoms with Crippen LogP contribution < -0.4 is 10.1 Å². The van der Waals surface area contributed by atoms with Crippen LogP contribution in [0.1, 0.15) is 18.2 Å². The molecule has 0 amide bonds. The van der Waals surface area contributed by atoms with Crippen LogP contribution in [-0.4, -0.2) is 16.5 Å². The van der Waals surface area contributed by atoms with Crippen LogP contribution >= 0.6 is 27.3 Å². The van der Waals surface area contributed by atoms with E-state index in [2.05, 4.69) is 33.2 Å². The summed E-state index contributed by atoms with van der Waals surface area (Å²) in [4.78, 5) is 15.7. The fourth-order valence-electron chi connectivity index (χ4n) is 1.59. The highest BCUT2D eigenvalue weighted by molar-refractivity contribution is 9.10. The predicted molar refractivity (Wildman–Crippen MR) is 86.0 cm³/mol. The van der Waals surface area contributed by atoms with E-state index in [1.165, 1.54) is 17.4 Å². The Morgan fingerprint density at radius 2 is 2.33 bits per heavy atom. The zero-order chi connectivity index (χ0) is 15.2. The molecule has 8 heteroatoms. The first-order valence-corrected chi connectivity index (χ1v) is 7.96. The molecule has 21 heavy (non-hydrogen) atoms. The average molecular weight is 372 g/mol. The number of thiazole rings is 1. The Morgan fingerprint density at radius 3 is 3.05 bits per heavy atom. The van der Waals surface area contributed by atoms with E-state index in [0.29, 0.717) is 4.47 Å². The van der Waals surface area contributed by atoms with Gasteiger partial charge in [0.25, 0.3) is 0 Å². The zero-order valence-electron chi connectivity index (χ0n) is 11.3. The van der Waals surface area contributed by atoms with Crippen molar-refractivity contribution in [2.75, 3.05) is 11.9 Å². The van der Waals surface area contributed by atoms with Crippen molar-refractivity contribution >= 4 is 38.1 Å². The van der Waals surface area contributed by atoms with Crippen molar-refractivity contribution in [3.63, 3.8) is 0 Å². The van der Waals surface area contributed by atoms with Crippen LogP contribution in [0.4, 0.5) is 10.8 Å². The van der Waals surface area contributed by atoms with Gasteiger partial charge in [-0.15, -0.1) is 0 Å². The molecule has 1 N–H and O–H groups in total. The molecule has 0 saturated heterocycles. The molecule has 0 unspecified atom stereocenters. The Labute approximate surface area is 134 Å². The van der Waals surface area contributed by atoms with Gasteiger partial charge in [-0.1, -0.05) is 34.2 Å². The highest BCUT2D eigenvalue weighted by Gasteiger charge is 2.16. The first kappa shape index (κ1) is 15.7. The standard InChI is InChI=1S/C13H14BrN3O3S/c1-2-5-15-13-16-7-10(21-13)8-20-12-4-3-9(14)6-11(12)17(18)19/h3-4,6-7H,2,5,8H2,1H3,(H,15,16). The minimum absolute atomic E-state index is 0.0572. The smallest absolute Gasteiger partial charge is 0.312 e. The normalized spacial score (nSPS) is 10.4. The van der Waals surface area contributed by atoms with Gasteiger partial charge in [-0.3, -0.25) is 10.1 Å². The lowest BCUT2D eigenvalue weighted by Crippen LogP contribution is -1.98. The van der Waals surface area contributed by atoms with E-state index in [1.54, 1.807) is 18.3 Å². The lowest BCUT2D eigenvalue weighted by Gasteiger charge is -2.05. The van der Waals surface area contributed by atoms with E-state index in [0.717, 1.165) is 23.0 Å². The maximum Gasteiger partial charge on any atom is 0.312 e. The molecule has 2 aromatic rings. The van der Waals surface area contributed by atoms with Crippen molar-refractivity contribution in [1.29, 1.82) is 0 Å². The van der Waals surface area contributed by atoms with Crippen LogP contribution in [-0.2, 0) is 6.61 Å². The highest BCUT2D eigenvalue weighted by atomic mass is 79.9. The Morgan fingerprint density at radius 1 is 1.52 bits per heavy atom. The summed E-state index contributed by atoms with van der Waals surface area (Å²) in [6.07, 6.45) is 2.74. The lowest BCUT2D eigenvalue weighted by molar-refractivity contribution is -0.386. The molecule has 112 valence electrons. The molecule has 2 rings (SSSR count). The number of nitro benzene ring substituents is 1. The number of hydrogen-bond donors (Lipinski definition) is 1. The topological polar surface area (TPSA) is 77.3 Å². The molecular weight excluding hydrogens is 358 g/mol. The van der Waals surface area contributed by atoms with Crippen molar-refractivity contribution in [3.05, 3.63) is 43.9 Å². The van der Waals surface area contributed by atoms with Crippen LogP contribution in [0, 0.1) is 10.1 Å². The number of aromatic nitrogens is 1. The molecule has 1 heterocycles. The molecular formula is C13H14BrN3O3S. The summed E-state index contributed by atoms with van der Waals surface area (Å²) in [5.41, 5.74) is -0.0572. The second kappa shape index (κ2) is 7.37. The van der Waals surface area contributed by atoms with E-state index in [-0.39, 0.29) is 18.0 Å². The number of halogens is 1. The molecule has 0 aliphatic rings. The van der Waals surface area contributed by atoms with E-state index >= 15 is 0 Å². The largest absolute Gasteiger partial charge is 0.481 e. The van der Waals surface area contributed by atoms with Crippen molar-refractivity contribution in [2.24, 2.45) is 0 Å². The number of nitrogens with zero attached hydrogens (tertiary/aromatic N) is 2. The summed E-state index contributed by atoms with van der Waals surface area (Å²) in [6, 6.07) is 4.72. The van der Waals surface area contributed by atoms with Gasteiger partial charge in [-0.2, -0.15) is 0 Å². The first-order chi connectivity index (χ1) is 10.1. The van der Waals surface area contributed by atoms with Crippen LogP contribution in [0.3, 0.4) is 0 Å². The zero-order valence-corrected chi connectivity index (χ0v) is 13.7. The summed E-state index contributed by atoms with van der Waals surface area (Å²) in [5, 5.41) is 15.0. The van der Waals surface area contributed by atoms with Crippen LogP contribution in [0.2, 0.25) is 0 Å². The summed E-state index contributed by atoms with van der Waals surface area (Å²) >= 11 is 4.69. The summed E-state index contributed by atoms with van der Waals surface area (Å²) in [5.74, 6) is 0.250. The first-order valence-electron chi connectivity index (χ1n) is 6.35. The Kier molecular flexibility index (Phi) is 5.51. The SMILES string of the molecule is CCCNc1ncc(COc2ccc(Br)cc2[N+](=O)[O-])s1. The molecule has 0 spiro atoms. The molecule has 0 fully saturated rings. The lowest BCUT2D eigenvalue weighted by atomic mass is 10.3. The number of hydrogen-bond acceptors (Lipinski definition) is 6. The number of benzene rings is 1. The highest BCUT2D eigenvalue weighted by Crippen LogP contribution is 2.31. The maximum atomic E-state index is 11.0. The minimum atomic E-state index is -0.457. The molecule has 0 saturated carbocycles. The van der Waals surface area contributed by atoms with Crippen molar-refractivity contribution < 1.29 is 9.66 Å². The van der Waals surface area contributed by atoms with Crippen molar-refractivity contribution in [2.45, 2.75) is 20.0 Å². The van der Waals surface area contributed by atoms with Crippen LogP contribution in [0.15, 0.2) is 28.9 Å². The van der Waals surface area contributed by atoms with Gasteiger partial charge in [0.1, 0.15) is 6.61 Å². The third kappa shape index (κ3) is 4.40. The maximum absolute atomic E-state index is 11.0. The molecule has 6 nitrogen and oxygen atoms in total. The fraction of sp³-hybridized carbons (Fsp3) is 0.308. The number of ether oxygens (including phenoxy) is 1.